The maximum Gasteiger partial charge on any atom is 0.0674 e. The molecule has 0 bridgehead atoms. The molecule has 2 rings (SSSR count). The van der Waals surface area contributed by atoms with Crippen molar-refractivity contribution in [1.82, 2.24) is 4.90 Å². The van der Waals surface area contributed by atoms with Gasteiger partial charge >= 0.3 is 0 Å². The molecule has 0 aromatic heterocycles. The van der Waals surface area contributed by atoms with Crippen molar-refractivity contribution in [2.24, 2.45) is 5.73 Å². The van der Waals surface area contributed by atoms with Crippen molar-refractivity contribution in [3.63, 3.8) is 0 Å². The van der Waals surface area contributed by atoms with Gasteiger partial charge in [0.2, 0.25) is 0 Å². The van der Waals surface area contributed by atoms with Crippen molar-refractivity contribution in [2.45, 2.75) is 38.8 Å². The SMILES string of the molecule is CC1CN(C(CN)c2ccc(C(C)C)cc2)CCO1. The zero-order chi connectivity index (χ0) is 13.8. The molecule has 1 heterocycles. The Morgan fingerprint density at radius 2 is 1.89 bits per heavy atom. The summed E-state index contributed by atoms with van der Waals surface area (Å²) < 4.78 is 5.61. The predicted molar refractivity (Wildman–Crippen MR) is 79.3 cm³/mol. The lowest BCUT2D eigenvalue weighted by Gasteiger charge is -2.37. The summed E-state index contributed by atoms with van der Waals surface area (Å²) in [6.07, 6.45) is 0.303. The van der Waals surface area contributed by atoms with Crippen LogP contribution in [0.5, 0.6) is 0 Å². The van der Waals surface area contributed by atoms with E-state index in [0.717, 1.165) is 19.7 Å². The summed E-state index contributed by atoms with van der Waals surface area (Å²) in [7, 11) is 0. The Morgan fingerprint density at radius 3 is 2.42 bits per heavy atom. The summed E-state index contributed by atoms with van der Waals surface area (Å²) in [5.41, 5.74) is 8.70. The zero-order valence-electron chi connectivity index (χ0n) is 12.3. The minimum absolute atomic E-state index is 0.303. The van der Waals surface area contributed by atoms with Crippen molar-refractivity contribution >= 4 is 0 Å². The van der Waals surface area contributed by atoms with E-state index in [1.165, 1.54) is 11.1 Å². The molecule has 1 aromatic carbocycles. The lowest BCUT2D eigenvalue weighted by Crippen LogP contribution is -2.45. The predicted octanol–water partition coefficient (Wildman–Crippen LogP) is 2.53. The van der Waals surface area contributed by atoms with Gasteiger partial charge in [-0.3, -0.25) is 4.90 Å². The van der Waals surface area contributed by atoms with E-state index in [2.05, 4.69) is 49.9 Å². The second kappa shape index (κ2) is 6.51. The molecule has 19 heavy (non-hydrogen) atoms. The fourth-order valence-electron chi connectivity index (χ4n) is 2.73. The molecule has 0 amide bonds. The van der Waals surface area contributed by atoms with E-state index in [1.54, 1.807) is 0 Å². The molecule has 3 heteroatoms. The highest BCUT2D eigenvalue weighted by molar-refractivity contribution is 5.27. The van der Waals surface area contributed by atoms with Crippen LogP contribution in [-0.2, 0) is 4.74 Å². The first-order valence-corrected chi connectivity index (χ1v) is 7.27. The fourth-order valence-corrected chi connectivity index (χ4v) is 2.73. The van der Waals surface area contributed by atoms with Crippen LogP contribution in [0.25, 0.3) is 0 Å². The maximum atomic E-state index is 6.00. The van der Waals surface area contributed by atoms with E-state index >= 15 is 0 Å². The second-order valence-electron chi connectivity index (χ2n) is 5.75. The minimum Gasteiger partial charge on any atom is -0.376 e. The summed E-state index contributed by atoms with van der Waals surface area (Å²) in [6, 6.07) is 9.23. The van der Waals surface area contributed by atoms with E-state index in [0.29, 0.717) is 24.6 Å². The molecule has 0 aliphatic carbocycles. The fraction of sp³-hybridized carbons (Fsp3) is 0.625. The normalized spacial score (nSPS) is 22.7. The molecule has 1 aliphatic heterocycles. The minimum atomic E-state index is 0.303. The van der Waals surface area contributed by atoms with Crippen molar-refractivity contribution < 1.29 is 4.74 Å². The average Bonchev–Trinajstić information content (AvgIpc) is 2.40. The van der Waals surface area contributed by atoms with Crippen molar-refractivity contribution in [2.75, 3.05) is 26.2 Å². The number of ether oxygens (including phenoxy) is 1. The molecular formula is C16H26N2O. The standard InChI is InChI=1S/C16H26N2O/c1-12(2)14-4-6-15(7-5-14)16(10-17)18-8-9-19-13(3)11-18/h4-7,12-13,16H,8-11,17H2,1-3H3. The van der Waals surface area contributed by atoms with Gasteiger partial charge in [0.05, 0.1) is 12.7 Å². The molecule has 3 nitrogen and oxygen atoms in total. The highest BCUT2D eigenvalue weighted by atomic mass is 16.5. The molecule has 1 saturated heterocycles. The largest absolute Gasteiger partial charge is 0.376 e. The summed E-state index contributed by atoms with van der Waals surface area (Å²) in [4.78, 5) is 2.44. The third-order valence-electron chi connectivity index (χ3n) is 3.92. The number of hydrogen-bond acceptors (Lipinski definition) is 3. The molecule has 1 fully saturated rings. The van der Waals surface area contributed by atoms with Gasteiger partial charge in [-0.15, -0.1) is 0 Å². The van der Waals surface area contributed by atoms with Gasteiger partial charge in [-0.1, -0.05) is 38.1 Å². The van der Waals surface area contributed by atoms with Crippen molar-refractivity contribution in [1.29, 1.82) is 0 Å². The summed E-state index contributed by atoms with van der Waals surface area (Å²) in [5.74, 6) is 0.578. The number of benzene rings is 1. The first-order chi connectivity index (χ1) is 9.11. The Balaban J connectivity index is 2.12. The zero-order valence-corrected chi connectivity index (χ0v) is 12.3. The Bertz CT molecular complexity index is 388. The van der Waals surface area contributed by atoms with E-state index in [9.17, 15) is 0 Å². The number of nitrogens with two attached hydrogens (primary N) is 1. The van der Waals surface area contributed by atoms with E-state index in [4.69, 9.17) is 10.5 Å². The molecular weight excluding hydrogens is 236 g/mol. The molecule has 106 valence electrons. The summed E-state index contributed by atoms with van der Waals surface area (Å²) in [5, 5.41) is 0. The molecule has 2 N–H and O–H groups in total. The van der Waals surface area contributed by atoms with Gasteiger partial charge in [0.1, 0.15) is 0 Å². The molecule has 0 spiro atoms. The van der Waals surface area contributed by atoms with Crippen LogP contribution >= 0.6 is 0 Å². The molecule has 0 radical (unpaired) electrons. The van der Waals surface area contributed by atoms with Crippen LogP contribution in [0.1, 0.15) is 43.9 Å². The Kier molecular flexibility index (Phi) is 4.97. The van der Waals surface area contributed by atoms with Gasteiger partial charge in [-0.25, -0.2) is 0 Å². The highest BCUT2D eigenvalue weighted by Gasteiger charge is 2.24. The first kappa shape index (κ1) is 14.5. The van der Waals surface area contributed by atoms with Gasteiger partial charge < -0.3 is 10.5 Å². The number of nitrogens with zero attached hydrogens (tertiary/aromatic N) is 1. The Hall–Kier alpha value is -0.900. The number of rotatable bonds is 4. The average molecular weight is 262 g/mol. The van der Waals surface area contributed by atoms with Gasteiger partial charge in [-0.2, -0.15) is 0 Å². The third kappa shape index (κ3) is 3.56. The molecule has 1 aromatic rings. The van der Waals surface area contributed by atoms with Crippen LogP contribution in [-0.4, -0.2) is 37.2 Å². The molecule has 1 aliphatic rings. The quantitative estimate of drug-likeness (QED) is 0.906. The summed E-state index contributed by atoms with van der Waals surface area (Å²) >= 11 is 0. The van der Waals surface area contributed by atoms with Crippen LogP contribution in [0.15, 0.2) is 24.3 Å². The molecule has 0 saturated carbocycles. The monoisotopic (exact) mass is 262 g/mol. The van der Waals surface area contributed by atoms with Gasteiger partial charge in [0.25, 0.3) is 0 Å². The van der Waals surface area contributed by atoms with Gasteiger partial charge in [0, 0.05) is 25.7 Å². The summed E-state index contributed by atoms with van der Waals surface area (Å²) in [6.45, 7) is 9.97. The molecule has 2 unspecified atom stereocenters. The van der Waals surface area contributed by atoms with Crippen LogP contribution < -0.4 is 5.73 Å². The van der Waals surface area contributed by atoms with Crippen LogP contribution in [0, 0.1) is 0 Å². The van der Waals surface area contributed by atoms with Crippen LogP contribution in [0.2, 0.25) is 0 Å². The lowest BCUT2D eigenvalue weighted by molar-refractivity contribution is -0.0333. The smallest absolute Gasteiger partial charge is 0.0674 e. The second-order valence-corrected chi connectivity index (χ2v) is 5.75. The van der Waals surface area contributed by atoms with Crippen LogP contribution in [0.4, 0.5) is 0 Å². The van der Waals surface area contributed by atoms with Gasteiger partial charge in [0.15, 0.2) is 0 Å². The van der Waals surface area contributed by atoms with E-state index < -0.39 is 0 Å². The highest BCUT2D eigenvalue weighted by Crippen LogP contribution is 2.24. The third-order valence-corrected chi connectivity index (χ3v) is 3.92. The van der Waals surface area contributed by atoms with Crippen molar-refractivity contribution in [3.05, 3.63) is 35.4 Å². The Labute approximate surface area is 116 Å². The first-order valence-electron chi connectivity index (χ1n) is 7.27. The number of morpholine rings is 1. The topological polar surface area (TPSA) is 38.5 Å². The van der Waals surface area contributed by atoms with E-state index in [1.807, 2.05) is 0 Å². The van der Waals surface area contributed by atoms with E-state index in [-0.39, 0.29) is 0 Å². The Morgan fingerprint density at radius 1 is 1.26 bits per heavy atom. The number of hydrogen-bond donors (Lipinski definition) is 1. The van der Waals surface area contributed by atoms with Crippen molar-refractivity contribution in [3.8, 4) is 0 Å². The lowest BCUT2D eigenvalue weighted by atomic mass is 9.98. The van der Waals surface area contributed by atoms with Crippen LogP contribution in [0.3, 0.4) is 0 Å². The maximum absolute atomic E-state index is 6.00. The molecule has 2 atom stereocenters. The van der Waals surface area contributed by atoms with Gasteiger partial charge in [-0.05, 0) is 24.0 Å².